The van der Waals surface area contributed by atoms with Gasteiger partial charge >= 0.3 is 0 Å². The number of aryl methyl sites for hydroxylation is 1. The minimum absolute atomic E-state index is 0.110. The average Bonchev–Trinajstić information content (AvgIpc) is 3.45. The summed E-state index contributed by atoms with van der Waals surface area (Å²) in [6.07, 6.45) is 5.63. The van der Waals surface area contributed by atoms with Crippen molar-refractivity contribution in [1.82, 2.24) is 19.3 Å². The van der Waals surface area contributed by atoms with Crippen molar-refractivity contribution in [3.05, 3.63) is 102 Å². The van der Waals surface area contributed by atoms with Crippen LogP contribution in [-0.2, 0) is 0 Å². The summed E-state index contributed by atoms with van der Waals surface area (Å²) in [6.45, 7) is 4.09. The quantitative estimate of drug-likeness (QED) is 0.356. The highest BCUT2D eigenvalue weighted by Gasteiger charge is 2.16. The lowest BCUT2D eigenvalue weighted by Crippen LogP contribution is -2.01. The van der Waals surface area contributed by atoms with Gasteiger partial charge in [0.2, 0.25) is 0 Å². The maximum Gasteiger partial charge on any atom is 0.145 e. The summed E-state index contributed by atoms with van der Waals surface area (Å²) in [5.74, 6) is 0.618. The Morgan fingerprint density at radius 1 is 1.03 bits per heavy atom. The van der Waals surface area contributed by atoms with Crippen LogP contribution in [-0.4, -0.2) is 26.4 Å². The Balaban J connectivity index is 1.57. The molecule has 0 radical (unpaired) electrons. The number of benzene rings is 3. The summed E-state index contributed by atoms with van der Waals surface area (Å²) in [6, 6.07) is 18.9. The van der Waals surface area contributed by atoms with Crippen molar-refractivity contribution >= 4 is 10.9 Å². The second kappa shape index (κ2) is 7.96. The SMILES string of the molecule is COc1cc(-n2ncc3c(C(C)c4ccc(F)cc4)cccc32)ccc1-n1cnc(C)c1. The normalized spacial score (nSPS) is 12.2. The van der Waals surface area contributed by atoms with Gasteiger partial charge in [-0.3, -0.25) is 0 Å². The van der Waals surface area contributed by atoms with Gasteiger partial charge in [0.05, 0.1) is 42.2 Å². The first-order valence-corrected chi connectivity index (χ1v) is 10.5. The van der Waals surface area contributed by atoms with Crippen LogP contribution in [0.25, 0.3) is 22.3 Å². The van der Waals surface area contributed by atoms with Crippen molar-refractivity contribution in [2.75, 3.05) is 7.11 Å². The lowest BCUT2D eigenvalue weighted by atomic mass is 9.91. The molecule has 0 fully saturated rings. The van der Waals surface area contributed by atoms with Gasteiger partial charge in [-0.1, -0.05) is 31.2 Å². The van der Waals surface area contributed by atoms with Crippen LogP contribution in [0.4, 0.5) is 4.39 Å². The van der Waals surface area contributed by atoms with Crippen LogP contribution in [0, 0.1) is 12.7 Å². The number of rotatable bonds is 5. The van der Waals surface area contributed by atoms with Crippen LogP contribution < -0.4 is 4.74 Å². The van der Waals surface area contributed by atoms with E-state index in [1.807, 2.05) is 65.0 Å². The van der Waals surface area contributed by atoms with Gasteiger partial charge < -0.3 is 9.30 Å². The molecule has 0 saturated heterocycles. The number of hydrogen-bond acceptors (Lipinski definition) is 3. The predicted molar refractivity (Wildman–Crippen MR) is 123 cm³/mol. The summed E-state index contributed by atoms with van der Waals surface area (Å²) in [5.41, 5.74) is 5.98. The van der Waals surface area contributed by atoms with E-state index < -0.39 is 0 Å². The Bertz CT molecular complexity index is 1400. The maximum absolute atomic E-state index is 13.4. The summed E-state index contributed by atoms with van der Waals surface area (Å²) >= 11 is 0. The molecule has 0 aliphatic rings. The highest BCUT2D eigenvalue weighted by atomic mass is 19.1. The van der Waals surface area contributed by atoms with E-state index in [1.165, 1.54) is 12.1 Å². The van der Waals surface area contributed by atoms with Gasteiger partial charge in [-0.2, -0.15) is 5.10 Å². The summed E-state index contributed by atoms with van der Waals surface area (Å²) in [5, 5.41) is 5.75. The molecule has 32 heavy (non-hydrogen) atoms. The lowest BCUT2D eigenvalue weighted by molar-refractivity contribution is 0.412. The van der Waals surface area contributed by atoms with Crippen LogP contribution in [0.3, 0.4) is 0 Å². The van der Waals surface area contributed by atoms with Crippen molar-refractivity contribution in [2.24, 2.45) is 0 Å². The molecule has 6 heteroatoms. The van der Waals surface area contributed by atoms with Crippen LogP contribution in [0.2, 0.25) is 0 Å². The van der Waals surface area contributed by atoms with E-state index in [0.717, 1.165) is 44.8 Å². The molecule has 0 aliphatic carbocycles. The van der Waals surface area contributed by atoms with Gasteiger partial charge in [0, 0.05) is 23.6 Å². The van der Waals surface area contributed by atoms with Gasteiger partial charge in [0.25, 0.3) is 0 Å². The minimum Gasteiger partial charge on any atom is -0.494 e. The first-order valence-electron chi connectivity index (χ1n) is 10.5. The van der Waals surface area contributed by atoms with Crippen LogP contribution in [0.5, 0.6) is 5.75 Å². The third kappa shape index (κ3) is 3.43. The van der Waals surface area contributed by atoms with Gasteiger partial charge in [-0.15, -0.1) is 0 Å². The number of methoxy groups -OCH3 is 1. The number of nitrogens with zero attached hydrogens (tertiary/aromatic N) is 4. The van der Waals surface area contributed by atoms with Crippen molar-refractivity contribution < 1.29 is 9.13 Å². The summed E-state index contributed by atoms with van der Waals surface area (Å²) in [4.78, 5) is 4.31. The molecule has 0 bridgehead atoms. The van der Waals surface area contributed by atoms with E-state index >= 15 is 0 Å². The predicted octanol–water partition coefficient (Wildman–Crippen LogP) is 5.82. The average molecular weight is 426 g/mol. The molecule has 2 aromatic heterocycles. The number of halogens is 1. The largest absolute Gasteiger partial charge is 0.494 e. The molecule has 0 amide bonds. The molecule has 5 aromatic rings. The fraction of sp³-hybridized carbons (Fsp3) is 0.154. The van der Waals surface area contributed by atoms with Gasteiger partial charge in [-0.25, -0.2) is 14.1 Å². The second-order valence-corrected chi connectivity index (χ2v) is 7.89. The minimum atomic E-state index is -0.227. The highest BCUT2D eigenvalue weighted by Crippen LogP contribution is 2.33. The van der Waals surface area contributed by atoms with E-state index in [9.17, 15) is 4.39 Å². The van der Waals surface area contributed by atoms with E-state index in [0.29, 0.717) is 0 Å². The second-order valence-electron chi connectivity index (χ2n) is 7.89. The molecular formula is C26H23FN4O. The fourth-order valence-electron chi connectivity index (χ4n) is 4.15. The monoisotopic (exact) mass is 426 g/mol. The molecule has 0 aliphatic heterocycles. The number of aromatic nitrogens is 4. The number of fused-ring (bicyclic) bond motifs is 1. The van der Waals surface area contributed by atoms with Crippen molar-refractivity contribution in [2.45, 2.75) is 19.8 Å². The first kappa shape index (κ1) is 20.0. The van der Waals surface area contributed by atoms with Crippen LogP contribution in [0.15, 0.2) is 79.4 Å². The van der Waals surface area contributed by atoms with Crippen LogP contribution >= 0.6 is 0 Å². The molecule has 0 spiro atoms. The Morgan fingerprint density at radius 2 is 1.84 bits per heavy atom. The molecule has 160 valence electrons. The molecule has 5 rings (SSSR count). The third-order valence-corrected chi connectivity index (χ3v) is 5.88. The zero-order valence-electron chi connectivity index (χ0n) is 18.2. The molecule has 0 saturated carbocycles. The molecule has 5 nitrogen and oxygen atoms in total. The fourth-order valence-corrected chi connectivity index (χ4v) is 4.15. The van der Waals surface area contributed by atoms with Crippen molar-refractivity contribution in [1.29, 1.82) is 0 Å². The number of ether oxygens (including phenoxy) is 1. The van der Waals surface area contributed by atoms with Crippen molar-refractivity contribution in [3.8, 4) is 17.1 Å². The van der Waals surface area contributed by atoms with Crippen LogP contribution in [0.1, 0.15) is 29.7 Å². The van der Waals surface area contributed by atoms with Gasteiger partial charge in [0.15, 0.2) is 0 Å². The lowest BCUT2D eigenvalue weighted by Gasteiger charge is -2.14. The number of imidazole rings is 1. The molecular weight excluding hydrogens is 403 g/mol. The Kier molecular flexibility index (Phi) is 4.98. The summed E-state index contributed by atoms with van der Waals surface area (Å²) < 4.78 is 22.9. The molecule has 1 atom stereocenters. The molecule has 0 N–H and O–H groups in total. The first-order chi connectivity index (χ1) is 15.5. The highest BCUT2D eigenvalue weighted by molar-refractivity contribution is 5.85. The Morgan fingerprint density at radius 3 is 2.56 bits per heavy atom. The van der Waals surface area contributed by atoms with E-state index in [1.54, 1.807) is 13.4 Å². The maximum atomic E-state index is 13.4. The van der Waals surface area contributed by atoms with E-state index in [2.05, 4.69) is 29.1 Å². The number of hydrogen-bond donors (Lipinski definition) is 0. The topological polar surface area (TPSA) is 44.9 Å². The summed E-state index contributed by atoms with van der Waals surface area (Å²) in [7, 11) is 1.66. The third-order valence-electron chi connectivity index (χ3n) is 5.88. The molecule has 2 heterocycles. The zero-order chi connectivity index (χ0) is 22.2. The smallest absolute Gasteiger partial charge is 0.145 e. The molecule has 1 unspecified atom stereocenters. The zero-order valence-corrected chi connectivity index (χ0v) is 18.2. The Hall–Kier alpha value is -3.93. The van der Waals surface area contributed by atoms with Crippen molar-refractivity contribution in [3.63, 3.8) is 0 Å². The van der Waals surface area contributed by atoms with Gasteiger partial charge in [0.1, 0.15) is 11.6 Å². The molecule has 3 aromatic carbocycles. The Labute approximate surface area is 185 Å². The standard InChI is InChI=1S/C26H23FN4O/c1-17-15-30(16-28-17)25-12-11-21(13-26(25)32-3)31-24-6-4-5-22(23(24)14-29-31)18(2)19-7-9-20(27)10-8-19/h4-16,18H,1-3H3. The van der Waals surface area contributed by atoms with Gasteiger partial charge in [-0.05, 0) is 48.4 Å². The van der Waals surface area contributed by atoms with E-state index in [-0.39, 0.29) is 11.7 Å². The van der Waals surface area contributed by atoms with E-state index in [4.69, 9.17) is 4.74 Å².